The van der Waals surface area contributed by atoms with Crippen LogP contribution >= 0.6 is 0 Å². The second-order valence-electron chi connectivity index (χ2n) is 4.76. The Hall–Kier alpha value is -1.65. The number of ether oxygens (including phenoxy) is 1. The minimum Gasteiger partial charge on any atom is -0.461 e. The molecule has 0 amide bonds. The molecule has 1 fully saturated rings. The van der Waals surface area contributed by atoms with Gasteiger partial charge in [0.25, 0.3) is 5.71 Å². The number of nitrogens with zero attached hydrogens (tertiary/aromatic N) is 4. The lowest BCUT2D eigenvalue weighted by Gasteiger charge is -2.35. The predicted molar refractivity (Wildman–Crippen MR) is 73.7 cm³/mol. The number of nitriles is 1. The van der Waals surface area contributed by atoms with E-state index in [4.69, 9.17) is 14.8 Å². The molecule has 1 unspecified atom stereocenters. The van der Waals surface area contributed by atoms with Crippen LogP contribution in [0.5, 0.6) is 0 Å². The van der Waals surface area contributed by atoms with E-state index in [1.54, 1.807) is 13.0 Å². The van der Waals surface area contributed by atoms with Crippen LogP contribution in [-0.2, 0) is 14.4 Å². The number of rotatable bonds is 6. The van der Waals surface area contributed by atoms with Gasteiger partial charge in [0.2, 0.25) is 6.35 Å². The van der Waals surface area contributed by atoms with Gasteiger partial charge in [-0.2, -0.15) is 5.26 Å². The highest BCUT2D eigenvalue weighted by molar-refractivity contribution is 6.42. The van der Waals surface area contributed by atoms with E-state index in [9.17, 15) is 4.79 Å². The first kappa shape index (κ1) is 16.4. The molecule has 0 aromatic heterocycles. The molecule has 1 saturated heterocycles. The van der Waals surface area contributed by atoms with Gasteiger partial charge < -0.3 is 9.57 Å². The van der Waals surface area contributed by atoms with Crippen LogP contribution in [0.2, 0.25) is 0 Å². The van der Waals surface area contributed by atoms with Gasteiger partial charge in [-0.25, -0.2) is 4.79 Å². The smallest absolute Gasteiger partial charge is 0.371 e. The molecule has 0 saturated carbocycles. The summed E-state index contributed by atoms with van der Waals surface area (Å²) >= 11 is 0. The molecule has 7 nitrogen and oxygen atoms in total. The third kappa shape index (κ3) is 4.79. The van der Waals surface area contributed by atoms with E-state index < -0.39 is 5.97 Å². The van der Waals surface area contributed by atoms with E-state index >= 15 is 0 Å². The van der Waals surface area contributed by atoms with E-state index in [0.717, 1.165) is 25.9 Å². The summed E-state index contributed by atoms with van der Waals surface area (Å²) in [5.74, 6) is -0.758. The summed E-state index contributed by atoms with van der Waals surface area (Å²) < 4.78 is 4.73. The summed E-state index contributed by atoms with van der Waals surface area (Å²) in [6.45, 7) is 3.70. The molecule has 0 aromatic carbocycles. The van der Waals surface area contributed by atoms with E-state index in [2.05, 4.69) is 10.1 Å². The van der Waals surface area contributed by atoms with Gasteiger partial charge in [-0.1, -0.05) is 11.6 Å². The highest BCUT2D eigenvalue weighted by Gasteiger charge is 2.25. The molecule has 20 heavy (non-hydrogen) atoms. The van der Waals surface area contributed by atoms with Crippen molar-refractivity contribution >= 4 is 11.7 Å². The maximum Gasteiger partial charge on any atom is 0.371 e. The average molecular weight is 282 g/mol. The summed E-state index contributed by atoms with van der Waals surface area (Å²) in [6, 6.07) is 1.70. The standard InChI is InChI=1S/C13H22N4O3/c1-4-19-12(18)11(10-14)15-20-13(16(2)3)17-8-6-5-7-9-17/h13H,4-9H2,1-3H3. The second kappa shape index (κ2) is 8.51. The van der Waals surface area contributed by atoms with E-state index in [0.29, 0.717) is 0 Å². The fraction of sp³-hybridized carbons (Fsp3) is 0.769. The highest BCUT2D eigenvalue weighted by atomic mass is 16.7. The van der Waals surface area contributed by atoms with Crippen molar-refractivity contribution in [2.75, 3.05) is 33.8 Å². The van der Waals surface area contributed by atoms with Crippen LogP contribution in [0, 0.1) is 11.3 Å². The molecule has 0 spiro atoms. The van der Waals surface area contributed by atoms with Crippen LogP contribution in [0.15, 0.2) is 5.16 Å². The van der Waals surface area contributed by atoms with Crippen molar-refractivity contribution in [2.45, 2.75) is 32.5 Å². The van der Waals surface area contributed by atoms with Crippen LogP contribution in [0.25, 0.3) is 0 Å². The summed E-state index contributed by atoms with van der Waals surface area (Å²) in [6.07, 6.45) is 3.06. The van der Waals surface area contributed by atoms with Gasteiger partial charge >= 0.3 is 5.97 Å². The van der Waals surface area contributed by atoms with Crippen LogP contribution in [0.1, 0.15) is 26.2 Å². The number of esters is 1. The molecule has 0 N–H and O–H groups in total. The molecular weight excluding hydrogens is 260 g/mol. The summed E-state index contributed by atoms with van der Waals surface area (Å²) in [5, 5.41) is 12.6. The molecule has 0 radical (unpaired) electrons. The Balaban J connectivity index is 2.69. The first-order valence-corrected chi connectivity index (χ1v) is 6.81. The molecule has 112 valence electrons. The van der Waals surface area contributed by atoms with Gasteiger partial charge in [-0.3, -0.25) is 9.80 Å². The number of oxime groups is 1. The number of hydrogen-bond acceptors (Lipinski definition) is 7. The molecule has 7 heteroatoms. The summed E-state index contributed by atoms with van der Waals surface area (Å²) in [7, 11) is 3.73. The minimum absolute atomic E-state index is 0.197. The molecule has 0 aromatic rings. The molecule has 1 aliphatic rings. The van der Waals surface area contributed by atoms with E-state index in [1.807, 2.05) is 19.0 Å². The van der Waals surface area contributed by atoms with Crippen LogP contribution in [0.3, 0.4) is 0 Å². The quantitative estimate of drug-likeness (QED) is 0.310. The normalized spacial score (nSPS) is 18.4. The molecule has 1 rings (SSSR count). The van der Waals surface area contributed by atoms with Crippen molar-refractivity contribution < 1.29 is 14.4 Å². The SMILES string of the molecule is CCOC(=O)C(C#N)=NOC(N(C)C)N1CCCCC1. The first-order chi connectivity index (χ1) is 9.60. The van der Waals surface area contributed by atoms with Gasteiger partial charge in [0.05, 0.1) is 6.61 Å². The largest absolute Gasteiger partial charge is 0.461 e. The van der Waals surface area contributed by atoms with Crippen LogP contribution in [0.4, 0.5) is 0 Å². The van der Waals surface area contributed by atoms with Crippen LogP contribution < -0.4 is 0 Å². The monoisotopic (exact) mass is 282 g/mol. The first-order valence-electron chi connectivity index (χ1n) is 6.81. The summed E-state index contributed by atoms with van der Waals surface area (Å²) in [5.41, 5.74) is -0.365. The fourth-order valence-electron chi connectivity index (χ4n) is 2.03. The third-order valence-electron chi connectivity index (χ3n) is 2.96. The fourth-order valence-corrected chi connectivity index (χ4v) is 2.03. The maximum atomic E-state index is 11.5. The van der Waals surface area contributed by atoms with Crippen molar-refractivity contribution in [3.05, 3.63) is 0 Å². The van der Waals surface area contributed by atoms with Gasteiger partial charge in [0.1, 0.15) is 6.07 Å². The number of likely N-dealkylation sites (tertiary alicyclic amines) is 1. The second-order valence-corrected chi connectivity index (χ2v) is 4.76. The van der Waals surface area contributed by atoms with Gasteiger partial charge in [-0.15, -0.1) is 0 Å². The van der Waals surface area contributed by atoms with Crippen molar-refractivity contribution in [3.63, 3.8) is 0 Å². The average Bonchev–Trinajstić information content (AvgIpc) is 2.44. The van der Waals surface area contributed by atoms with Crippen molar-refractivity contribution in [1.29, 1.82) is 5.26 Å². The topological polar surface area (TPSA) is 78.2 Å². The van der Waals surface area contributed by atoms with Gasteiger partial charge in [0.15, 0.2) is 0 Å². The highest BCUT2D eigenvalue weighted by Crippen LogP contribution is 2.14. The lowest BCUT2D eigenvalue weighted by molar-refractivity contribution is -0.144. The zero-order chi connectivity index (χ0) is 15.0. The molecule has 1 atom stereocenters. The Kier molecular flexibility index (Phi) is 6.98. The lowest BCUT2D eigenvalue weighted by atomic mass is 10.1. The number of carbonyl (C=O) groups is 1. The molecule has 0 aliphatic carbocycles. The zero-order valence-electron chi connectivity index (χ0n) is 12.3. The van der Waals surface area contributed by atoms with Crippen LogP contribution in [-0.4, -0.2) is 61.6 Å². The Morgan fingerprint density at radius 2 is 2.05 bits per heavy atom. The maximum absolute atomic E-state index is 11.5. The molecular formula is C13H22N4O3. The van der Waals surface area contributed by atoms with E-state index in [1.165, 1.54) is 6.42 Å². The van der Waals surface area contributed by atoms with Gasteiger partial charge in [-0.05, 0) is 33.9 Å². The zero-order valence-corrected chi connectivity index (χ0v) is 12.3. The summed E-state index contributed by atoms with van der Waals surface area (Å²) in [4.78, 5) is 20.8. The Morgan fingerprint density at radius 3 is 2.55 bits per heavy atom. The number of carbonyl (C=O) groups excluding carboxylic acids is 1. The predicted octanol–water partition coefficient (Wildman–Crippen LogP) is 0.777. The van der Waals surface area contributed by atoms with Crippen molar-refractivity contribution in [3.8, 4) is 6.07 Å². The lowest BCUT2D eigenvalue weighted by Crippen LogP contribution is -2.48. The van der Waals surface area contributed by atoms with E-state index in [-0.39, 0.29) is 18.7 Å². The van der Waals surface area contributed by atoms with Crippen molar-refractivity contribution in [2.24, 2.45) is 5.16 Å². The van der Waals surface area contributed by atoms with Crippen molar-refractivity contribution in [1.82, 2.24) is 9.80 Å². The van der Waals surface area contributed by atoms with Gasteiger partial charge in [0, 0.05) is 13.1 Å². The molecule has 1 aliphatic heterocycles. The molecule has 1 heterocycles. The number of hydrogen-bond donors (Lipinski definition) is 0. The Bertz CT molecular complexity index is 384. The number of piperidine rings is 1. The minimum atomic E-state index is -0.758. The molecule has 0 bridgehead atoms. The Morgan fingerprint density at radius 1 is 1.40 bits per heavy atom. The third-order valence-corrected chi connectivity index (χ3v) is 2.96. The Labute approximate surface area is 119 Å².